The number of halogens is 2. The number of hydrogen-bond acceptors (Lipinski definition) is 5. The Morgan fingerprint density at radius 1 is 1.33 bits per heavy atom. The van der Waals surface area contributed by atoms with Gasteiger partial charge in [-0.1, -0.05) is 11.6 Å². The zero-order valence-electron chi connectivity index (χ0n) is 13.0. The summed E-state index contributed by atoms with van der Waals surface area (Å²) in [5.41, 5.74) is 0.664. The molecule has 0 saturated carbocycles. The molecule has 0 aliphatic carbocycles. The fourth-order valence-corrected chi connectivity index (χ4v) is 3.94. The summed E-state index contributed by atoms with van der Waals surface area (Å²) in [5, 5.41) is 2.90. The second kappa shape index (κ2) is 7.74. The van der Waals surface area contributed by atoms with Crippen LogP contribution < -0.4 is 14.8 Å². The second-order valence-corrected chi connectivity index (χ2v) is 8.06. The van der Waals surface area contributed by atoms with Gasteiger partial charge in [0.25, 0.3) is 0 Å². The lowest BCUT2D eigenvalue weighted by Gasteiger charge is -2.20. The van der Waals surface area contributed by atoms with Gasteiger partial charge in [0.2, 0.25) is 5.91 Å². The maximum Gasteiger partial charge on any atom is 0.238 e. The van der Waals surface area contributed by atoms with Crippen molar-refractivity contribution >= 4 is 50.5 Å². The van der Waals surface area contributed by atoms with Crippen molar-refractivity contribution in [2.75, 3.05) is 32.1 Å². The Hall–Kier alpha value is -1.28. The van der Waals surface area contributed by atoms with E-state index in [-0.39, 0.29) is 12.5 Å². The van der Waals surface area contributed by atoms with Crippen LogP contribution in [0.1, 0.15) is 4.88 Å². The van der Waals surface area contributed by atoms with Crippen LogP contribution in [0, 0.1) is 0 Å². The average molecular weight is 432 g/mol. The molecule has 1 aromatic heterocycles. The van der Waals surface area contributed by atoms with Crippen molar-refractivity contribution in [2.24, 2.45) is 0 Å². The summed E-state index contributed by atoms with van der Waals surface area (Å²) in [6.45, 7) is 1.99. The number of nitrogens with zero attached hydrogens (tertiary/aromatic N) is 1. The van der Waals surface area contributed by atoms with Crippen molar-refractivity contribution in [1.82, 2.24) is 4.90 Å². The number of likely N-dealkylation sites (N-methyl/N-ethyl adjacent to an activating group) is 1. The number of carbonyl (C=O) groups is 1. The Balaban J connectivity index is 1.60. The number of carbonyl (C=O) groups excluding carboxylic acids is 1. The van der Waals surface area contributed by atoms with Crippen LogP contribution in [0.3, 0.4) is 0 Å². The normalized spacial score (nSPS) is 13.2. The van der Waals surface area contributed by atoms with E-state index in [0.29, 0.717) is 36.9 Å². The summed E-state index contributed by atoms with van der Waals surface area (Å²) in [6.07, 6.45) is 0. The molecule has 2 heterocycles. The van der Waals surface area contributed by atoms with Crippen LogP contribution in [0.4, 0.5) is 5.69 Å². The molecule has 128 valence electrons. The summed E-state index contributed by atoms with van der Waals surface area (Å²) in [7, 11) is 1.89. The van der Waals surface area contributed by atoms with Crippen molar-refractivity contribution in [2.45, 2.75) is 6.54 Å². The van der Waals surface area contributed by atoms with Gasteiger partial charge in [-0.3, -0.25) is 9.69 Å². The van der Waals surface area contributed by atoms with E-state index in [9.17, 15) is 4.79 Å². The first-order chi connectivity index (χ1) is 11.5. The fourth-order valence-electron chi connectivity index (χ4n) is 2.35. The van der Waals surface area contributed by atoms with Crippen molar-refractivity contribution in [3.8, 4) is 11.5 Å². The summed E-state index contributed by atoms with van der Waals surface area (Å²) in [5.74, 6) is 1.22. The van der Waals surface area contributed by atoms with Crippen LogP contribution in [0.2, 0.25) is 4.34 Å². The summed E-state index contributed by atoms with van der Waals surface area (Å²) in [4.78, 5) is 15.3. The maximum atomic E-state index is 12.3. The molecule has 1 amide bonds. The van der Waals surface area contributed by atoms with Crippen molar-refractivity contribution in [3.63, 3.8) is 0 Å². The van der Waals surface area contributed by atoms with E-state index < -0.39 is 0 Å². The van der Waals surface area contributed by atoms with Crippen LogP contribution in [0.25, 0.3) is 0 Å². The first kappa shape index (κ1) is 17.5. The molecule has 3 rings (SSSR count). The highest BCUT2D eigenvalue weighted by Gasteiger charge is 2.17. The number of benzene rings is 1. The first-order valence-electron chi connectivity index (χ1n) is 7.33. The Labute approximate surface area is 157 Å². The highest BCUT2D eigenvalue weighted by atomic mass is 79.9. The molecule has 24 heavy (non-hydrogen) atoms. The molecule has 0 saturated heterocycles. The van der Waals surface area contributed by atoms with Gasteiger partial charge in [0, 0.05) is 28.0 Å². The number of ether oxygens (including phenoxy) is 2. The molecule has 2 aromatic rings. The number of fused-ring (bicyclic) bond motifs is 1. The molecule has 0 fully saturated rings. The monoisotopic (exact) mass is 430 g/mol. The quantitative estimate of drug-likeness (QED) is 0.777. The predicted octanol–water partition coefficient (Wildman–Crippen LogP) is 4.01. The van der Waals surface area contributed by atoms with Gasteiger partial charge in [-0.2, -0.15) is 0 Å². The topological polar surface area (TPSA) is 50.8 Å². The lowest BCUT2D eigenvalue weighted by molar-refractivity contribution is -0.117. The van der Waals surface area contributed by atoms with Crippen LogP contribution in [0.15, 0.2) is 28.7 Å². The van der Waals surface area contributed by atoms with E-state index >= 15 is 0 Å². The maximum absolute atomic E-state index is 12.3. The molecule has 8 heteroatoms. The average Bonchev–Trinajstić information content (AvgIpc) is 2.92. The third-order valence-corrected chi connectivity index (χ3v) is 5.25. The van der Waals surface area contributed by atoms with Gasteiger partial charge in [0.05, 0.1) is 16.6 Å². The minimum absolute atomic E-state index is 0.0995. The highest BCUT2D eigenvalue weighted by molar-refractivity contribution is 9.10. The van der Waals surface area contributed by atoms with Gasteiger partial charge < -0.3 is 14.8 Å². The van der Waals surface area contributed by atoms with Gasteiger partial charge in [-0.15, -0.1) is 11.3 Å². The van der Waals surface area contributed by atoms with Gasteiger partial charge in [0.1, 0.15) is 13.2 Å². The Morgan fingerprint density at radius 2 is 2.04 bits per heavy atom. The fraction of sp³-hybridized carbons (Fsp3) is 0.312. The molecule has 1 N–H and O–H groups in total. The van der Waals surface area contributed by atoms with E-state index in [0.717, 1.165) is 13.7 Å². The second-order valence-electron chi connectivity index (χ2n) is 5.40. The Kier molecular flexibility index (Phi) is 5.65. The molecule has 1 aliphatic heterocycles. The lowest BCUT2D eigenvalue weighted by Crippen LogP contribution is -2.29. The van der Waals surface area contributed by atoms with Crippen LogP contribution >= 0.6 is 38.9 Å². The van der Waals surface area contributed by atoms with Crippen LogP contribution in [-0.4, -0.2) is 37.6 Å². The van der Waals surface area contributed by atoms with Gasteiger partial charge in [-0.05, 0) is 35.1 Å². The van der Waals surface area contributed by atoms with E-state index in [1.54, 1.807) is 6.07 Å². The highest BCUT2D eigenvalue weighted by Crippen LogP contribution is 2.38. The molecular formula is C16H16BrClN2O3S. The van der Waals surface area contributed by atoms with E-state index in [1.165, 1.54) is 11.3 Å². The Morgan fingerprint density at radius 3 is 2.71 bits per heavy atom. The van der Waals surface area contributed by atoms with Crippen molar-refractivity contribution in [3.05, 3.63) is 38.0 Å². The van der Waals surface area contributed by atoms with Gasteiger partial charge in [-0.25, -0.2) is 0 Å². The van der Waals surface area contributed by atoms with Gasteiger partial charge in [0.15, 0.2) is 11.5 Å². The minimum Gasteiger partial charge on any atom is -0.486 e. The van der Waals surface area contributed by atoms with Crippen LogP contribution in [0.5, 0.6) is 11.5 Å². The van der Waals surface area contributed by atoms with Crippen molar-refractivity contribution in [1.29, 1.82) is 0 Å². The third-order valence-electron chi connectivity index (χ3n) is 3.37. The molecule has 0 radical (unpaired) electrons. The van der Waals surface area contributed by atoms with Crippen LogP contribution in [-0.2, 0) is 11.3 Å². The first-order valence-corrected chi connectivity index (χ1v) is 9.32. The van der Waals surface area contributed by atoms with Crippen molar-refractivity contribution < 1.29 is 14.3 Å². The number of amides is 1. The molecular weight excluding hydrogens is 416 g/mol. The summed E-state index contributed by atoms with van der Waals surface area (Å²) < 4.78 is 12.6. The number of anilines is 1. The number of rotatable bonds is 5. The third kappa shape index (κ3) is 4.42. The molecule has 0 unspecified atom stereocenters. The largest absolute Gasteiger partial charge is 0.486 e. The molecule has 0 spiro atoms. The zero-order chi connectivity index (χ0) is 17.1. The predicted molar refractivity (Wildman–Crippen MR) is 99.4 cm³/mol. The standard InChI is InChI=1S/C16H16BrClN2O3S/c1-20(8-10-2-3-15(18)24-10)9-16(21)19-12-7-14-13(6-11(12)17)22-4-5-23-14/h2-3,6-7H,4-5,8-9H2,1H3,(H,19,21). The van der Waals surface area contributed by atoms with E-state index in [2.05, 4.69) is 21.2 Å². The SMILES string of the molecule is CN(CC(=O)Nc1cc2c(cc1Br)OCCO2)Cc1ccc(Cl)s1. The number of hydrogen-bond donors (Lipinski definition) is 1. The molecule has 0 bridgehead atoms. The minimum atomic E-state index is -0.0995. The summed E-state index contributed by atoms with van der Waals surface area (Å²) in [6, 6.07) is 7.41. The zero-order valence-corrected chi connectivity index (χ0v) is 16.1. The number of nitrogens with one attached hydrogen (secondary N) is 1. The molecule has 0 atom stereocenters. The molecule has 1 aliphatic rings. The van der Waals surface area contributed by atoms with E-state index in [1.807, 2.05) is 30.1 Å². The smallest absolute Gasteiger partial charge is 0.238 e. The lowest BCUT2D eigenvalue weighted by atomic mass is 10.2. The molecule has 5 nitrogen and oxygen atoms in total. The Bertz CT molecular complexity index is 753. The molecule has 1 aromatic carbocycles. The van der Waals surface area contributed by atoms with Gasteiger partial charge >= 0.3 is 0 Å². The number of thiophene rings is 1. The van der Waals surface area contributed by atoms with E-state index in [4.69, 9.17) is 21.1 Å². The summed E-state index contributed by atoms with van der Waals surface area (Å²) >= 11 is 10.9.